The molecule has 0 bridgehead atoms. The third-order valence-electron chi connectivity index (χ3n) is 5.40. The highest BCUT2D eigenvalue weighted by Gasteiger charge is 2.46. The molecule has 1 unspecified atom stereocenters. The molecule has 2 heterocycles. The molecule has 32 heavy (non-hydrogen) atoms. The van der Waals surface area contributed by atoms with Crippen LogP contribution in [0.3, 0.4) is 0 Å². The van der Waals surface area contributed by atoms with Gasteiger partial charge in [-0.15, -0.1) is 0 Å². The van der Waals surface area contributed by atoms with Crippen molar-refractivity contribution in [1.29, 1.82) is 0 Å². The van der Waals surface area contributed by atoms with Crippen LogP contribution in [0.4, 0.5) is 4.39 Å². The molecule has 10 nitrogen and oxygen atoms in total. The summed E-state index contributed by atoms with van der Waals surface area (Å²) in [4.78, 5) is 70.2. The number of amides is 4. The molecule has 2 aliphatic rings. The first-order valence-electron chi connectivity index (χ1n) is 10.1. The molecule has 1 N–H and O–H groups in total. The first kappa shape index (κ1) is 23.0. The maximum absolute atomic E-state index is 13.0. The Kier molecular flexibility index (Phi) is 6.66. The van der Waals surface area contributed by atoms with Gasteiger partial charge in [0.05, 0.1) is 6.04 Å². The number of rotatable bonds is 4. The highest BCUT2D eigenvalue weighted by molar-refractivity contribution is 6.46. The van der Waals surface area contributed by atoms with Crippen molar-refractivity contribution >= 4 is 35.2 Å². The van der Waals surface area contributed by atoms with Crippen molar-refractivity contribution in [3.63, 3.8) is 0 Å². The first-order valence-corrected chi connectivity index (χ1v) is 10.1. The highest BCUT2D eigenvalue weighted by atomic mass is 19.1. The fourth-order valence-electron chi connectivity index (χ4n) is 3.58. The van der Waals surface area contributed by atoms with E-state index >= 15 is 0 Å². The summed E-state index contributed by atoms with van der Waals surface area (Å²) in [5.74, 6) is -4.45. The number of Topliss-reactive ketones (excluding diaryl/α,β-unsaturated/α-hetero) is 1. The lowest BCUT2D eigenvalue weighted by Gasteiger charge is -2.40. The maximum Gasteiger partial charge on any atom is 0.312 e. The number of amidine groups is 1. The Balaban J connectivity index is 1.82. The average molecular weight is 445 g/mol. The molecule has 11 heteroatoms. The molecule has 1 aromatic rings. The van der Waals surface area contributed by atoms with Gasteiger partial charge in [0, 0.05) is 34.2 Å². The average Bonchev–Trinajstić information content (AvgIpc) is 2.78. The largest absolute Gasteiger partial charge is 0.350 e. The second kappa shape index (κ2) is 9.25. The van der Waals surface area contributed by atoms with E-state index in [2.05, 4.69) is 10.3 Å². The van der Waals surface area contributed by atoms with Gasteiger partial charge in [-0.05, 0) is 30.5 Å². The summed E-state index contributed by atoms with van der Waals surface area (Å²) in [6, 6.07) is 3.12. The van der Waals surface area contributed by atoms with Gasteiger partial charge in [0.15, 0.2) is 6.04 Å². The predicted octanol–water partition coefficient (Wildman–Crippen LogP) is -0.671. The minimum Gasteiger partial charge on any atom is -0.350 e. The van der Waals surface area contributed by atoms with Crippen LogP contribution in [0, 0.1) is 5.82 Å². The minimum atomic E-state index is -1.59. The molecule has 3 rings (SSSR count). The van der Waals surface area contributed by atoms with Crippen LogP contribution in [0.25, 0.3) is 0 Å². The smallest absolute Gasteiger partial charge is 0.312 e. The lowest BCUT2D eigenvalue weighted by molar-refractivity contribution is -0.151. The van der Waals surface area contributed by atoms with Crippen LogP contribution in [0.5, 0.6) is 0 Å². The van der Waals surface area contributed by atoms with Crippen molar-refractivity contribution in [3.05, 3.63) is 35.6 Å². The molecule has 0 spiro atoms. The molecule has 1 fully saturated rings. The highest BCUT2D eigenvalue weighted by Crippen LogP contribution is 2.23. The number of nitrogens with zero attached hydrogens (tertiary/aromatic N) is 4. The summed E-state index contributed by atoms with van der Waals surface area (Å²) in [5, 5.41) is 2.53. The van der Waals surface area contributed by atoms with Crippen LogP contribution in [0.1, 0.15) is 18.4 Å². The summed E-state index contributed by atoms with van der Waals surface area (Å²) in [7, 11) is 4.32. The summed E-state index contributed by atoms with van der Waals surface area (Å²) < 4.78 is 13.0. The second-order valence-corrected chi connectivity index (χ2v) is 7.83. The maximum atomic E-state index is 13.0. The van der Waals surface area contributed by atoms with Crippen molar-refractivity contribution in [1.82, 2.24) is 20.0 Å². The van der Waals surface area contributed by atoms with Crippen LogP contribution in [0.15, 0.2) is 29.3 Å². The van der Waals surface area contributed by atoms with E-state index in [0.29, 0.717) is 18.4 Å². The molecule has 1 aromatic carbocycles. The van der Waals surface area contributed by atoms with Gasteiger partial charge in [0.25, 0.3) is 17.6 Å². The number of hydrogen-bond donors (Lipinski definition) is 1. The van der Waals surface area contributed by atoms with Crippen molar-refractivity contribution in [3.8, 4) is 0 Å². The Bertz CT molecular complexity index is 991. The number of hydrogen-bond acceptors (Lipinski definition) is 6. The molecule has 4 amide bonds. The minimum absolute atomic E-state index is 0.0187. The molecule has 0 saturated carbocycles. The van der Waals surface area contributed by atoms with E-state index in [9.17, 15) is 28.4 Å². The van der Waals surface area contributed by atoms with Crippen LogP contribution >= 0.6 is 0 Å². The van der Waals surface area contributed by atoms with Gasteiger partial charge >= 0.3 is 11.8 Å². The van der Waals surface area contributed by atoms with Crippen LogP contribution < -0.4 is 5.32 Å². The van der Waals surface area contributed by atoms with Crippen molar-refractivity contribution in [2.24, 2.45) is 4.99 Å². The lowest BCUT2D eigenvalue weighted by atomic mass is 9.98. The quantitative estimate of drug-likeness (QED) is 0.487. The number of halogens is 1. The SMILES string of the molecule is CN(C)C(=O)C(=O)N(C)[C@@H]1CCCN2C(=O)C(=O)C(C(=O)NCc3ccc(F)cc3)N=C12. The van der Waals surface area contributed by atoms with Crippen LogP contribution in [-0.4, -0.2) is 89.7 Å². The molecule has 170 valence electrons. The molecule has 2 atom stereocenters. The number of carbonyl (C=O) groups excluding carboxylic acids is 5. The van der Waals surface area contributed by atoms with E-state index in [1.807, 2.05) is 0 Å². The number of carbonyl (C=O) groups is 5. The Morgan fingerprint density at radius 2 is 1.78 bits per heavy atom. The zero-order valence-electron chi connectivity index (χ0n) is 18.0. The second-order valence-electron chi connectivity index (χ2n) is 7.83. The van der Waals surface area contributed by atoms with Gasteiger partial charge in [0.1, 0.15) is 11.7 Å². The first-order chi connectivity index (χ1) is 15.1. The molecule has 1 saturated heterocycles. The molecule has 2 aliphatic heterocycles. The molecular weight excluding hydrogens is 421 g/mol. The van der Waals surface area contributed by atoms with Gasteiger partial charge in [-0.2, -0.15) is 0 Å². The fourth-order valence-corrected chi connectivity index (χ4v) is 3.58. The Morgan fingerprint density at radius 3 is 2.41 bits per heavy atom. The van der Waals surface area contributed by atoms with Gasteiger partial charge in [-0.25, -0.2) is 9.38 Å². The third kappa shape index (κ3) is 4.51. The topological polar surface area (TPSA) is 119 Å². The lowest BCUT2D eigenvalue weighted by Crippen LogP contribution is -2.62. The summed E-state index contributed by atoms with van der Waals surface area (Å²) >= 11 is 0. The number of ketones is 1. The normalized spacial score (nSPS) is 20.2. The monoisotopic (exact) mass is 445 g/mol. The number of fused-ring (bicyclic) bond motifs is 1. The zero-order valence-corrected chi connectivity index (χ0v) is 18.0. The number of benzene rings is 1. The summed E-state index contributed by atoms with van der Waals surface area (Å²) in [6.07, 6.45) is 0.918. The van der Waals surface area contributed by atoms with Crippen molar-refractivity contribution in [2.75, 3.05) is 27.7 Å². The van der Waals surface area contributed by atoms with Crippen molar-refractivity contribution in [2.45, 2.75) is 31.5 Å². The zero-order chi connectivity index (χ0) is 23.6. The Morgan fingerprint density at radius 1 is 1.12 bits per heavy atom. The van der Waals surface area contributed by atoms with E-state index in [-0.39, 0.29) is 18.9 Å². The fraction of sp³-hybridized carbons (Fsp3) is 0.429. The standard InChI is InChI=1S/C21H24FN5O5/c1-25(2)20(31)21(32)26(3)14-5-4-10-27-17(14)24-15(16(28)19(27)30)18(29)23-11-12-6-8-13(22)9-7-12/h6-9,14-15H,4-5,10-11H2,1-3H3,(H,23,29)/t14-,15?/m1/s1. The van der Waals surface area contributed by atoms with Crippen LogP contribution in [0.2, 0.25) is 0 Å². The Hall–Kier alpha value is -3.63. The van der Waals surface area contributed by atoms with E-state index in [4.69, 9.17) is 0 Å². The van der Waals surface area contributed by atoms with Crippen LogP contribution in [-0.2, 0) is 30.5 Å². The predicted molar refractivity (Wildman–Crippen MR) is 111 cm³/mol. The number of nitrogens with one attached hydrogen (secondary N) is 1. The van der Waals surface area contributed by atoms with Gasteiger partial charge in [-0.3, -0.25) is 28.9 Å². The summed E-state index contributed by atoms with van der Waals surface area (Å²) in [6.45, 7) is 0.248. The summed E-state index contributed by atoms with van der Waals surface area (Å²) in [5.41, 5.74) is 0.603. The molecule has 0 radical (unpaired) electrons. The Labute approximate surface area is 184 Å². The third-order valence-corrected chi connectivity index (χ3v) is 5.40. The number of piperidine rings is 1. The molecule has 0 aliphatic carbocycles. The molecular formula is C21H24FN5O5. The van der Waals surface area contributed by atoms with Gasteiger partial charge in [-0.1, -0.05) is 12.1 Å². The van der Waals surface area contributed by atoms with E-state index in [1.54, 1.807) is 0 Å². The van der Waals surface area contributed by atoms with E-state index in [1.165, 1.54) is 55.2 Å². The number of likely N-dealkylation sites (N-methyl/N-ethyl adjacent to an activating group) is 2. The van der Waals surface area contributed by atoms with Crippen molar-refractivity contribution < 1.29 is 28.4 Å². The van der Waals surface area contributed by atoms with E-state index < -0.39 is 47.3 Å². The van der Waals surface area contributed by atoms with Gasteiger partial charge < -0.3 is 15.1 Å². The van der Waals surface area contributed by atoms with E-state index in [0.717, 1.165) is 4.90 Å². The van der Waals surface area contributed by atoms with Gasteiger partial charge in [0.2, 0.25) is 0 Å². The number of aliphatic imine (C=N–C) groups is 1. The molecule has 0 aromatic heterocycles.